The van der Waals surface area contributed by atoms with Gasteiger partial charge >= 0.3 is 0 Å². The predicted octanol–water partition coefficient (Wildman–Crippen LogP) is 9.49. The normalized spacial score (nSPS) is 16.9. The van der Waals surface area contributed by atoms with Crippen molar-refractivity contribution in [1.29, 1.82) is 0 Å². The molecule has 0 aromatic heterocycles. The number of hydrogen-bond donors (Lipinski definition) is 3. The van der Waals surface area contributed by atoms with E-state index in [0.29, 0.717) is 5.69 Å². The Morgan fingerprint density at radius 1 is 0.649 bits per heavy atom. The number of nitrogens with one attached hydrogen (secondary N) is 2. The van der Waals surface area contributed by atoms with Crippen LogP contribution in [0.15, 0.2) is 111 Å². The molecule has 37 heavy (non-hydrogen) atoms. The maximum Gasteiger partial charge on any atom is 0.117 e. The number of nitrogens with zero attached hydrogens (tertiary/aromatic N) is 4. The van der Waals surface area contributed by atoms with Gasteiger partial charge in [0, 0.05) is 39.0 Å². The number of azo groups is 2. The third kappa shape index (κ3) is 4.25. The fourth-order valence-electron chi connectivity index (χ4n) is 4.71. The summed E-state index contributed by atoms with van der Waals surface area (Å²) < 4.78 is 0. The summed E-state index contributed by atoms with van der Waals surface area (Å²) in [4.78, 5) is 0. The Balaban J connectivity index is 1.37. The van der Waals surface area contributed by atoms with Crippen molar-refractivity contribution >= 4 is 55.7 Å². The Labute approximate surface area is 214 Å². The van der Waals surface area contributed by atoms with Gasteiger partial charge in [-0.15, -0.1) is 15.3 Å². The molecule has 0 fully saturated rings. The number of fused-ring (bicyclic) bond motifs is 1. The molecule has 1 atom stereocenters. The maximum atomic E-state index is 9.69. The van der Waals surface area contributed by atoms with Crippen LogP contribution < -0.4 is 10.6 Å². The highest BCUT2D eigenvalue weighted by molar-refractivity contribution is 6.09. The molecule has 3 N–H and O–H groups in total. The molecule has 5 aromatic rings. The van der Waals surface area contributed by atoms with Crippen LogP contribution in [0.5, 0.6) is 5.75 Å². The zero-order valence-electron chi connectivity index (χ0n) is 20.6. The lowest BCUT2D eigenvalue weighted by atomic mass is 9.98. The lowest BCUT2D eigenvalue weighted by Gasteiger charge is -2.38. The summed E-state index contributed by atoms with van der Waals surface area (Å²) in [5.41, 5.74) is 4.86. The molecule has 1 aliphatic heterocycles. The van der Waals surface area contributed by atoms with Gasteiger partial charge in [0.1, 0.15) is 11.4 Å². The number of aromatic hydroxyl groups is 1. The van der Waals surface area contributed by atoms with Crippen molar-refractivity contribution in [3.05, 3.63) is 91.0 Å². The SMILES string of the molecule is CCC1(C)Nc2cccc3c(/N=N/c4ccc(/N=N/c5cccc(O)c5)c5ccccc45)ccc(c23)N1. The molecule has 0 saturated carbocycles. The van der Waals surface area contributed by atoms with Gasteiger partial charge in [0.2, 0.25) is 0 Å². The Bertz CT molecular complexity index is 1700. The quantitative estimate of drug-likeness (QED) is 0.216. The fraction of sp³-hybridized carbons (Fsp3) is 0.133. The second-order valence-electron chi connectivity index (χ2n) is 9.37. The van der Waals surface area contributed by atoms with Crippen LogP contribution in [0.3, 0.4) is 0 Å². The zero-order chi connectivity index (χ0) is 25.4. The van der Waals surface area contributed by atoms with E-state index in [0.717, 1.165) is 56.4 Å². The minimum Gasteiger partial charge on any atom is -0.508 e. The first-order valence-electron chi connectivity index (χ1n) is 12.3. The Kier molecular flexibility index (Phi) is 5.53. The summed E-state index contributed by atoms with van der Waals surface area (Å²) in [5.74, 6) is 0.154. The minimum absolute atomic E-state index is 0.154. The lowest BCUT2D eigenvalue weighted by Crippen LogP contribution is -2.44. The van der Waals surface area contributed by atoms with Crippen molar-refractivity contribution in [2.24, 2.45) is 20.5 Å². The molecular formula is C30H26N6O. The molecule has 0 radical (unpaired) electrons. The van der Waals surface area contributed by atoms with Gasteiger partial charge in [-0.05, 0) is 55.8 Å². The zero-order valence-corrected chi connectivity index (χ0v) is 20.6. The van der Waals surface area contributed by atoms with Crippen LogP contribution in [0.1, 0.15) is 20.3 Å². The number of hydrogen-bond acceptors (Lipinski definition) is 7. The Hall–Kier alpha value is -4.78. The van der Waals surface area contributed by atoms with E-state index in [1.165, 1.54) is 0 Å². The average Bonchev–Trinajstić information content (AvgIpc) is 2.92. The van der Waals surface area contributed by atoms with E-state index in [1.54, 1.807) is 24.3 Å². The Morgan fingerprint density at radius 3 is 1.89 bits per heavy atom. The van der Waals surface area contributed by atoms with Gasteiger partial charge in [0.15, 0.2) is 0 Å². The Morgan fingerprint density at radius 2 is 1.22 bits per heavy atom. The summed E-state index contributed by atoms with van der Waals surface area (Å²) in [7, 11) is 0. The highest BCUT2D eigenvalue weighted by Crippen LogP contribution is 2.43. The van der Waals surface area contributed by atoms with Gasteiger partial charge in [-0.2, -0.15) is 5.11 Å². The van der Waals surface area contributed by atoms with E-state index in [1.807, 2.05) is 42.5 Å². The largest absolute Gasteiger partial charge is 0.508 e. The highest BCUT2D eigenvalue weighted by atomic mass is 16.3. The molecule has 0 spiro atoms. The number of rotatable bonds is 5. The van der Waals surface area contributed by atoms with Crippen molar-refractivity contribution in [2.75, 3.05) is 10.6 Å². The van der Waals surface area contributed by atoms with Crippen LogP contribution in [0, 0.1) is 0 Å². The van der Waals surface area contributed by atoms with E-state index < -0.39 is 0 Å². The maximum absolute atomic E-state index is 9.69. The molecule has 7 nitrogen and oxygen atoms in total. The third-order valence-corrected chi connectivity index (χ3v) is 6.79. The van der Waals surface area contributed by atoms with Crippen molar-refractivity contribution in [2.45, 2.75) is 25.9 Å². The summed E-state index contributed by atoms with van der Waals surface area (Å²) in [6.45, 7) is 4.33. The molecule has 5 aromatic carbocycles. The highest BCUT2D eigenvalue weighted by Gasteiger charge is 2.28. The van der Waals surface area contributed by atoms with Crippen molar-refractivity contribution in [1.82, 2.24) is 0 Å². The topological polar surface area (TPSA) is 93.7 Å². The molecule has 1 heterocycles. The third-order valence-electron chi connectivity index (χ3n) is 6.79. The molecule has 182 valence electrons. The summed E-state index contributed by atoms with van der Waals surface area (Å²) >= 11 is 0. The molecule has 6 rings (SSSR count). The van der Waals surface area contributed by atoms with Crippen molar-refractivity contribution in [3.8, 4) is 5.75 Å². The molecular weight excluding hydrogens is 460 g/mol. The van der Waals surface area contributed by atoms with Gasteiger partial charge < -0.3 is 15.7 Å². The van der Waals surface area contributed by atoms with Gasteiger partial charge in [-0.1, -0.05) is 49.4 Å². The number of anilines is 2. The van der Waals surface area contributed by atoms with Crippen LogP contribution in [0.25, 0.3) is 21.5 Å². The average molecular weight is 487 g/mol. The summed E-state index contributed by atoms with van der Waals surface area (Å²) in [6.07, 6.45) is 0.945. The van der Waals surface area contributed by atoms with E-state index in [4.69, 9.17) is 0 Å². The second-order valence-corrected chi connectivity index (χ2v) is 9.37. The van der Waals surface area contributed by atoms with Crippen LogP contribution in [-0.2, 0) is 0 Å². The van der Waals surface area contributed by atoms with Gasteiger partial charge in [-0.3, -0.25) is 0 Å². The minimum atomic E-state index is -0.191. The first-order valence-corrected chi connectivity index (χ1v) is 12.3. The predicted molar refractivity (Wildman–Crippen MR) is 150 cm³/mol. The molecule has 0 bridgehead atoms. The number of benzene rings is 5. The van der Waals surface area contributed by atoms with E-state index in [9.17, 15) is 5.11 Å². The van der Waals surface area contributed by atoms with Crippen LogP contribution in [0.4, 0.5) is 34.1 Å². The smallest absolute Gasteiger partial charge is 0.117 e. The second kappa shape index (κ2) is 9.02. The van der Waals surface area contributed by atoms with E-state index in [-0.39, 0.29) is 11.4 Å². The number of phenols is 1. The van der Waals surface area contributed by atoms with Crippen LogP contribution >= 0.6 is 0 Å². The molecule has 0 amide bonds. The summed E-state index contributed by atoms with van der Waals surface area (Å²) in [6, 6.07) is 28.8. The van der Waals surface area contributed by atoms with Gasteiger partial charge in [0.25, 0.3) is 0 Å². The monoisotopic (exact) mass is 486 g/mol. The molecule has 7 heteroatoms. The van der Waals surface area contributed by atoms with Crippen LogP contribution in [-0.4, -0.2) is 10.8 Å². The van der Waals surface area contributed by atoms with E-state index >= 15 is 0 Å². The first-order chi connectivity index (χ1) is 18.0. The van der Waals surface area contributed by atoms with E-state index in [2.05, 4.69) is 69.2 Å². The molecule has 1 aliphatic rings. The van der Waals surface area contributed by atoms with Gasteiger partial charge in [-0.25, -0.2) is 0 Å². The lowest BCUT2D eigenvalue weighted by molar-refractivity contribution is 0.475. The standard InChI is InChI=1S/C30H26N6O/c1-3-30(2)31-27-13-7-12-23-26(16-17-28(32-30)29(23)27)36-35-25-15-14-24(21-10-4-5-11-22(21)25)34-33-19-8-6-9-20(37)18-19/h4-18,31-32,37H,3H2,1-2H3/b34-33+,36-35+. The molecule has 1 unspecified atom stereocenters. The van der Waals surface area contributed by atoms with Crippen molar-refractivity contribution in [3.63, 3.8) is 0 Å². The number of phenolic OH excluding ortho intramolecular Hbond substituents is 1. The first kappa shape index (κ1) is 22.7. The summed E-state index contributed by atoms with van der Waals surface area (Å²) in [5, 5.41) is 39.0. The van der Waals surface area contributed by atoms with Gasteiger partial charge in [0.05, 0.1) is 22.7 Å². The molecule has 0 saturated heterocycles. The fourth-order valence-corrected chi connectivity index (χ4v) is 4.71. The molecule has 0 aliphatic carbocycles. The van der Waals surface area contributed by atoms with Crippen molar-refractivity contribution < 1.29 is 5.11 Å². The van der Waals surface area contributed by atoms with Crippen LogP contribution in [0.2, 0.25) is 0 Å².